The lowest BCUT2D eigenvalue weighted by Gasteiger charge is -2.12. The van der Waals surface area contributed by atoms with E-state index < -0.39 is 0 Å². The highest BCUT2D eigenvalue weighted by Gasteiger charge is 2.11. The first-order chi connectivity index (χ1) is 5.26. The van der Waals surface area contributed by atoms with Gasteiger partial charge in [0.05, 0.1) is 6.67 Å². The van der Waals surface area contributed by atoms with Crippen LogP contribution in [-0.2, 0) is 0 Å². The van der Waals surface area contributed by atoms with Crippen molar-refractivity contribution < 1.29 is 4.39 Å². The number of hydrogen-bond acceptors (Lipinski definition) is 0. The van der Waals surface area contributed by atoms with Crippen molar-refractivity contribution in [2.75, 3.05) is 6.67 Å². The van der Waals surface area contributed by atoms with Crippen LogP contribution in [-0.4, -0.2) is 6.67 Å². The maximum absolute atomic E-state index is 12.3. The third-order valence-corrected chi connectivity index (χ3v) is 1.94. The second kappa shape index (κ2) is 6.22. The van der Waals surface area contributed by atoms with Crippen molar-refractivity contribution in [2.24, 2.45) is 11.8 Å². The lowest BCUT2D eigenvalue weighted by molar-refractivity contribution is 0.306. The molecule has 0 heterocycles. The molecule has 1 unspecified atom stereocenters. The van der Waals surface area contributed by atoms with E-state index in [-0.39, 0.29) is 18.5 Å². The van der Waals surface area contributed by atoms with Crippen molar-refractivity contribution in [1.29, 1.82) is 0 Å². The Morgan fingerprint density at radius 2 is 2.00 bits per heavy atom. The third-order valence-electron chi connectivity index (χ3n) is 1.94. The number of alkyl halides is 1. The molecule has 0 nitrogen and oxygen atoms in total. The molecule has 0 saturated carbocycles. The van der Waals surface area contributed by atoms with Gasteiger partial charge in [0, 0.05) is 18.3 Å². The van der Waals surface area contributed by atoms with Crippen LogP contribution in [0.3, 0.4) is 0 Å². The Balaban J connectivity index is 3.87. The predicted molar refractivity (Wildman–Crippen MR) is 47.0 cm³/mol. The van der Waals surface area contributed by atoms with E-state index in [2.05, 4.69) is 11.8 Å². The van der Waals surface area contributed by atoms with E-state index in [9.17, 15) is 4.39 Å². The van der Waals surface area contributed by atoms with Gasteiger partial charge in [0.15, 0.2) is 0 Å². The molecular formula is C10H17F. The standard InChI is InChI=1S/C10H17F/c1-4-6-7-9(3)10(5-2)8-11/h9-10H,4-5,8H2,1-3H3/t9?,10-/m1/s1. The molecule has 1 heteroatoms. The molecule has 0 spiro atoms. The fourth-order valence-electron chi connectivity index (χ4n) is 0.977. The average Bonchev–Trinajstić information content (AvgIpc) is 2.03. The first-order valence-electron chi connectivity index (χ1n) is 4.30. The van der Waals surface area contributed by atoms with Gasteiger partial charge in [0.2, 0.25) is 0 Å². The minimum Gasteiger partial charge on any atom is -0.251 e. The Morgan fingerprint density at radius 1 is 1.36 bits per heavy atom. The first kappa shape index (κ1) is 10.5. The summed E-state index contributed by atoms with van der Waals surface area (Å²) in [5.41, 5.74) is 0. The Kier molecular flexibility index (Phi) is 5.93. The molecule has 2 atom stereocenters. The van der Waals surface area contributed by atoms with Crippen LogP contribution in [0.15, 0.2) is 0 Å². The maximum Gasteiger partial charge on any atom is 0.0934 e. The fourth-order valence-corrected chi connectivity index (χ4v) is 0.977. The Bertz CT molecular complexity index is 137. The van der Waals surface area contributed by atoms with E-state index >= 15 is 0 Å². The van der Waals surface area contributed by atoms with Crippen molar-refractivity contribution in [3.63, 3.8) is 0 Å². The lowest BCUT2D eigenvalue weighted by Crippen LogP contribution is -2.10. The van der Waals surface area contributed by atoms with Crippen LogP contribution in [0.25, 0.3) is 0 Å². The van der Waals surface area contributed by atoms with E-state index in [1.165, 1.54) is 0 Å². The second-order valence-electron chi connectivity index (χ2n) is 2.79. The maximum atomic E-state index is 12.3. The molecule has 0 aromatic rings. The summed E-state index contributed by atoms with van der Waals surface area (Å²) in [6.07, 6.45) is 1.75. The highest BCUT2D eigenvalue weighted by molar-refractivity contribution is 5.03. The van der Waals surface area contributed by atoms with Gasteiger partial charge in [-0.3, -0.25) is 4.39 Å². The van der Waals surface area contributed by atoms with E-state index in [1.54, 1.807) is 0 Å². The van der Waals surface area contributed by atoms with Crippen molar-refractivity contribution in [1.82, 2.24) is 0 Å². The summed E-state index contributed by atoms with van der Waals surface area (Å²) >= 11 is 0. The molecule has 0 aromatic carbocycles. The van der Waals surface area contributed by atoms with Crippen LogP contribution < -0.4 is 0 Å². The normalized spacial score (nSPS) is 14.9. The molecule has 0 fully saturated rings. The molecular weight excluding hydrogens is 139 g/mol. The minimum atomic E-state index is -0.240. The van der Waals surface area contributed by atoms with Gasteiger partial charge < -0.3 is 0 Å². The van der Waals surface area contributed by atoms with Crippen LogP contribution in [0.4, 0.5) is 4.39 Å². The van der Waals surface area contributed by atoms with Crippen molar-refractivity contribution in [3.05, 3.63) is 0 Å². The van der Waals surface area contributed by atoms with Gasteiger partial charge in [0.1, 0.15) is 0 Å². The van der Waals surface area contributed by atoms with Crippen molar-refractivity contribution in [2.45, 2.75) is 33.6 Å². The van der Waals surface area contributed by atoms with Gasteiger partial charge in [-0.2, -0.15) is 0 Å². The summed E-state index contributed by atoms with van der Waals surface area (Å²) < 4.78 is 12.3. The second-order valence-corrected chi connectivity index (χ2v) is 2.79. The summed E-state index contributed by atoms with van der Waals surface area (Å²) in [4.78, 5) is 0. The molecule has 0 bridgehead atoms. The summed E-state index contributed by atoms with van der Waals surface area (Å²) in [6, 6.07) is 0. The van der Waals surface area contributed by atoms with E-state index in [4.69, 9.17) is 0 Å². The number of halogens is 1. The third kappa shape index (κ3) is 4.03. The largest absolute Gasteiger partial charge is 0.251 e. The molecule has 11 heavy (non-hydrogen) atoms. The first-order valence-corrected chi connectivity index (χ1v) is 4.30. The summed E-state index contributed by atoms with van der Waals surface area (Å²) in [7, 11) is 0. The lowest BCUT2D eigenvalue weighted by atomic mass is 9.93. The van der Waals surface area contributed by atoms with Gasteiger partial charge in [-0.05, 0) is 6.42 Å². The summed E-state index contributed by atoms with van der Waals surface area (Å²) in [5.74, 6) is 6.37. The molecule has 0 aromatic heterocycles. The Hall–Kier alpha value is -0.510. The smallest absolute Gasteiger partial charge is 0.0934 e. The monoisotopic (exact) mass is 156 g/mol. The van der Waals surface area contributed by atoms with E-state index in [0.29, 0.717) is 0 Å². The zero-order valence-electron chi connectivity index (χ0n) is 7.65. The van der Waals surface area contributed by atoms with Gasteiger partial charge >= 0.3 is 0 Å². The molecule has 0 rings (SSSR count). The van der Waals surface area contributed by atoms with E-state index in [0.717, 1.165) is 12.8 Å². The van der Waals surface area contributed by atoms with Crippen molar-refractivity contribution >= 4 is 0 Å². The Morgan fingerprint density at radius 3 is 2.36 bits per heavy atom. The molecule has 0 saturated heterocycles. The predicted octanol–water partition coefficient (Wildman–Crippen LogP) is 3.03. The minimum absolute atomic E-state index is 0.133. The van der Waals surface area contributed by atoms with Crippen LogP contribution in [0.1, 0.15) is 33.6 Å². The summed E-state index contributed by atoms with van der Waals surface area (Å²) in [6.45, 7) is 5.77. The SMILES string of the molecule is CCC#CC(C)[C@H](CC)CF. The topological polar surface area (TPSA) is 0 Å². The highest BCUT2D eigenvalue weighted by atomic mass is 19.1. The zero-order chi connectivity index (χ0) is 8.69. The van der Waals surface area contributed by atoms with Gasteiger partial charge in [-0.15, -0.1) is 5.92 Å². The summed E-state index contributed by atoms with van der Waals surface area (Å²) in [5, 5.41) is 0. The molecule has 0 aliphatic rings. The number of hydrogen-bond donors (Lipinski definition) is 0. The van der Waals surface area contributed by atoms with Gasteiger partial charge in [0.25, 0.3) is 0 Å². The fraction of sp³-hybridized carbons (Fsp3) is 0.800. The molecule has 64 valence electrons. The Labute approximate surface area is 69.2 Å². The van der Waals surface area contributed by atoms with Gasteiger partial charge in [-0.25, -0.2) is 0 Å². The molecule has 0 aliphatic heterocycles. The number of rotatable bonds is 3. The van der Waals surface area contributed by atoms with Crippen LogP contribution in [0.5, 0.6) is 0 Å². The van der Waals surface area contributed by atoms with Crippen molar-refractivity contribution in [3.8, 4) is 11.8 Å². The highest BCUT2D eigenvalue weighted by Crippen LogP contribution is 2.14. The molecule has 0 N–H and O–H groups in total. The molecule has 0 aliphatic carbocycles. The van der Waals surface area contributed by atoms with Gasteiger partial charge in [-0.1, -0.05) is 26.7 Å². The zero-order valence-corrected chi connectivity index (χ0v) is 7.65. The molecule has 0 amide bonds. The quantitative estimate of drug-likeness (QED) is 0.551. The van der Waals surface area contributed by atoms with Crippen LogP contribution >= 0.6 is 0 Å². The average molecular weight is 156 g/mol. The van der Waals surface area contributed by atoms with Crippen LogP contribution in [0, 0.1) is 23.7 Å². The van der Waals surface area contributed by atoms with Crippen LogP contribution in [0.2, 0.25) is 0 Å². The molecule has 0 radical (unpaired) electrons. The van der Waals surface area contributed by atoms with E-state index in [1.807, 2.05) is 20.8 Å².